The molecule has 0 aliphatic rings. The summed E-state index contributed by atoms with van der Waals surface area (Å²) >= 11 is 0. The molecule has 0 saturated heterocycles. The monoisotopic (exact) mass is 256 g/mol. The van der Waals surface area contributed by atoms with E-state index < -0.39 is 0 Å². The van der Waals surface area contributed by atoms with Crippen molar-refractivity contribution in [1.29, 1.82) is 0 Å². The summed E-state index contributed by atoms with van der Waals surface area (Å²) in [5.41, 5.74) is 1.20. The Balaban J connectivity index is 3.64. The molecular weight excluding hydrogens is 228 g/mol. The Hall–Kier alpha value is -1.06. The molecule has 0 unspecified atom stereocenters. The Bertz CT molecular complexity index is 278. The van der Waals surface area contributed by atoms with Crippen molar-refractivity contribution in [2.45, 2.75) is 54.4 Å². The molecule has 106 valence electrons. The summed E-state index contributed by atoms with van der Waals surface area (Å²) in [6.45, 7) is 13.6. The number of hydrogen-bond acceptors (Lipinski definition) is 3. The average Bonchev–Trinajstić information content (AvgIpc) is 2.22. The molecule has 0 bridgehead atoms. The smallest absolute Gasteiger partial charge is 0.223 e. The highest BCUT2D eigenvalue weighted by Gasteiger charge is 2.10. The number of oxime groups is 1. The Morgan fingerprint density at radius 3 is 2.44 bits per heavy atom. The largest absolute Gasteiger partial charge is 0.395 e. The first kappa shape index (κ1) is 16.9. The minimum atomic E-state index is 0.0247. The zero-order chi connectivity index (χ0) is 14.2. The molecule has 0 aromatic heterocycles. The van der Waals surface area contributed by atoms with E-state index >= 15 is 0 Å². The zero-order valence-corrected chi connectivity index (χ0v) is 12.7. The number of nitrogens with zero attached hydrogens (tertiary/aromatic N) is 1. The lowest BCUT2D eigenvalue weighted by Gasteiger charge is -2.17. The molecule has 0 aromatic carbocycles. The van der Waals surface area contributed by atoms with Crippen LogP contribution in [-0.2, 0) is 9.63 Å². The quantitative estimate of drug-likeness (QED) is 0.432. The number of carbonyl (C=O) groups excluding carboxylic acids is 1. The van der Waals surface area contributed by atoms with E-state index in [0.717, 1.165) is 18.7 Å². The molecule has 0 spiro atoms. The molecule has 0 saturated carbocycles. The molecule has 4 heteroatoms. The fourth-order valence-electron chi connectivity index (χ4n) is 1.06. The van der Waals surface area contributed by atoms with Gasteiger partial charge >= 0.3 is 0 Å². The van der Waals surface area contributed by atoms with E-state index in [2.05, 4.69) is 45.1 Å². The third-order valence-electron chi connectivity index (χ3n) is 2.66. The molecular formula is C14H28N2O2. The number of hydrogen-bond donors (Lipinski definition) is 1. The summed E-state index contributed by atoms with van der Waals surface area (Å²) in [5, 5.41) is 6.83. The average molecular weight is 256 g/mol. The fourth-order valence-corrected chi connectivity index (χ4v) is 1.06. The Labute approximate surface area is 111 Å². The summed E-state index contributed by atoms with van der Waals surface area (Å²) in [6, 6.07) is 0. The predicted molar refractivity (Wildman–Crippen MR) is 75.6 cm³/mol. The molecule has 0 aliphatic carbocycles. The molecule has 0 atom stereocenters. The number of rotatable bonds is 7. The SMILES string of the molecule is C/C(=N/OCCC(=O)NCCC(C)(C)C)C(C)C. The first-order chi connectivity index (χ1) is 8.22. The van der Waals surface area contributed by atoms with Gasteiger partial charge in [-0.2, -0.15) is 0 Å². The van der Waals surface area contributed by atoms with Crippen molar-refractivity contribution in [3.8, 4) is 0 Å². The summed E-state index contributed by atoms with van der Waals surface area (Å²) in [7, 11) is 0. The maximum Gasteiger partial charge on any atom is 0.223 e. The minimum Gasteiger partial charge on any atom is -0.395 e. The van der Waals surface area contributed by atoms with Gasteiger partial charge < -0.3 is 10.2 Å². The van der Waals surface area contributed by atoms with Crippen LogP contribution < -0.4 is 5.32 Å². The third kappa shape index (κ3) is 10.1. The molecule has 4 nitrogen and oxygen atoms in total. The van der Waals surface area contributed by atoms with Crippen LogP contribution in [0.2, 0.25) is 0 Å². The van der Waals surface area contributed by atoms with Crippen molar-refractivity contribution < 1.29 is 9.63 Å². The third-order valence-corrected chi connectivity index (χ3v) is 2.66. The van der Waals surface area contributed by atoms with Gasteiger partial charge in [0.15, 0.2) is 0 Å². The van der Waals surface area contributed by atoms with Crippen molar-refractivity contribution in [3.05, 3.63) is 0 Å². The van der Waals surface area contributed by atoms with Gasteiger partial charge in [-0.15, -0.1) is 0 Å². The second-order valence-corrected chi connectivity index (χ2v) is 6.13. The highest BCUT2D eigenvalue weighted by Crippen LogP contribution is 2.16. The van der Waals surface area contributed by atoms with Gasteiger partial charge in [0.2, 0.25) is 5.91 Å². The Morgan fingerprint density at radius 1 is 1.33 bits per heavy atom. The van der Waals surface area contributed by atoms with E-state index in [0.29, 0.717) is 18.9 Å². The Morgan fingerprint density at radius 2 is 1.94 bits per heavy atom. The van der Waals surface area contributed by atoms with Gasteiger partial charge in [-0.05, 0) is 24.7 Å². The van der Waals surface area contributed by atoms with Gasteiger partial charge in [0.25, 0.3) is 0 Å². The van der Waals surface area contributed by atoms with Crippen molar-refractivity contribution >= 4 is 11.6 Å². The van der Waals surface area contributed by atoms with Gasteiger partial charge in [0.1, 0.15) is 6.61 Å². The van der Waals surface area contributed by atoms with Crippen LogP contribution in [-0.4, -0.2) is 24.8 Å². The normalized spacial score (nSPS) is 12.7. The molecule has 1 amide bonds. The van der Waals surface area contributed by atoms with Gasteiger partial charge in [-0.1, -0.05) is 39.8 Å². The van der Waals surface area contributed by atoms with Crippen LogP contribution in [0, 0.1) is 11.3 Å². The van der Waals surface area contributed by atoms with E-state index in [4.69, 9.17) is 4.84 Å². The molecule has 0 aromatic rings. The lowest BCUT2D eigenvalue weighted by molar-refractivity contribution is -0.122. The van der Waals surface area contributed by atoms with E-state index in [1.807, 2.05) is 6.92 Å². The van der Waals surface area contributed by atoms with Crippen LogP contribution in [0.3, 0.4) is 0 Å². The highest BCUT2D eigenvalue weighted by molar-refractivity contribution is 5.83. The van der Waals surface area contributed by atoms with E-state index in [1.165, 1.54) is 0 Å². The predicted octanol–water partition coefficient (Wildman–Crippen LogP) is 2.98. The van der Waals surface area contributed by atoms with E-state index in [1.54, 1.807) is 0 Å². The first-order valence-electron chi connectivity index (χ1n) is 6.65. The van der Waals surface area contributed by atoms with Crippen molar-refractivity contribution in [3.63, 3.8) is 0 Å². The van der Waals surface area contributed by atoms with Gasteiger partial charge in [-0.3, -0.25) is 4.79 Å². The van der Waals surface area contributed by atoms with Gasteiger partial charge in [0, 0.05) is 6.54 Å². The second kappa shape index (κ2) is 8.11. The zero-order valence-electron chi connectivity index (χ0n) is 12.7. The van der Waals surface area contributed by atoms with Crippen LogP contribution in [0.15, 0.2) is 5.16 Å². The van der Waals surface area contributed by atoms with Crippen molar-refractivity contribution in [2.75, 3.05) is 13.2 Å². The number of amides is 1. The van der Waals surface area contributed by atoms with E-state index in [9.17, 15) is 4.79 Å². The molecule has 18 heavy (non-hydrogen) atoms. The summed E-state index contributed by atoms with van der Waals surface area (Å²) in [6.07, 6.45) is 1.34. The van der Waals surface area contributed by atoms with Crippen LogP contribution >= 0.6 is 0 Å². The summed E-state index contributed by atoms with van der Waals surface area (Å²) < 4.78 is 0. The maximum atomic E-state index is 11.5. The van der Waals surface area contributed by atoms with E-state index in [-0.39, 0.29) is 11.3 Å². The molecule has 0 heterocycles. The van der Waals surface area contributed by atoms with Crippen LogP contribution in [0.5, 0.6) is 0 Å². The number of nitrogens with one attached hydrogen (secondary N) is 1. The second-order valence-electron chi connectivity index (χ2n) is 6.13. The molecule has 0 aliphatic heterocycles. The molecule has 0 rings (SSSR count). The molecule has 0 fully saturated rings. The topological polar surface area (TPSA) is 50.7 Å². The van der Waals surface area contributed by atoms with Crippen LogP contribution in [0.4, 0.5) is 0 Å². The Kier molecular flexibility index (Phi) is 7.64. The van der Waals surface area contributed by atoms with Crippen LogP contribution in [0.25, 0.3) is 0 Å². The van der Waals surface area contributed by atoms with Gasteiger partial charge in [0.05, 0.1) is 12.1 Å². The minimum absolute atomic E-state index is 0.0247. The molecule has 1 N–H and O–H groups in total. The van der Waals surface area contributed by atoms with Crippen LogP contribution in [0.1, 0.15) is 54.4 Å². The first-order valence-corrected chi connectivity index (χ1v) is 6.65. The standard InChI is InChI=1S/C14H28N2O2/c1-11(2)12(3)16-18-10-7-13(17)15-9-8-14(4,5)6/h11H,7-10H2,1-6H3,(H,15,17)/b16-12-. The van der Waals surface area contributed by atoms with Crippen molar-refractivity contribution in [2.24, 2.45) is 16.5 Å². The number of carbonyl (C=O) groups is 1. The summed E-state index contributed by atoms with van der Waals surface area (Å²) in [5.74, 6) is 0.405. The fraction of sp³-hybridized carbons (Fsp3) is 0.857. The van der Waals surface area contributed by atoms with Crippen molar-refractivity contribution in [1.82, 2.24) is 5.32 Å². The lowest BCUT2D eigenvalue weighted by atomic mass is 9.92. The lowest BCUT2D eigenvalue weighted by Crippen LogP contribution is -2.27. The highest BCUT2D eigenvalue weighted by atomic mass is 16.6. The van der Waals surface area contributed by atoms with Gasteiger partial charge in [-0.25, -0.2) is 0 Å². The maximum absolute atomic E-state index is 11.5. The summed E-state index contributed by atoms with van der Waals surface area (Å²) in [4.78, 5) is 16.6. The molecule has 0 radical (unpaired) electrons.